The Bertz CT molecular complexity index is 511. The Labute approximate surface area is 103 Å². The minimum absolute atomic E-state index is 0.167. The number of nitro benzene ring substituents is 1. The van der Waals surface area contributed by atoms with Gasteiger partial charge in [-0.1, -0.05) is 6.07 Å². The van der Waals surface area contributed by atoms with Gasteiger partial charge in [-0.05, 0) is 31.6 Å². The molecule has 0 N–H and O–H groups in total. The Hall–Kier alpha value is -2.24. The summed E-state index contributed by atoms with van der Waals surface area (Å²) in [5.74, 6) is -1.45. The van der Waals surface area contributed by atoms with Crippen LogP contribution in [0.5, 0.6) is 0 Å². The minimum atomic E-state index is -0.897. The van der Waals surface area contributed by atoms with E-state index in [1.165, 1.54) is 19.1 Å². The zero-order valence-corrected chi connectivity index (χ0v) is 9.97. The number of benzene rings is 1. The normalized spacial score (nSPS) is 10.6. The van der Waals surface area contributed by atoms with E-state index in [9.17, 15) is 19.3 Å². The van der Waals surface area contributed by atoms with Crippen LogP contribution in [0, 0.1) is 22.9 Å². The van der Waals surface area contributed by atoms with Crippen molar-refractivity contribution in [1.82, 2.24) is 0 Å². The lowest BCUT2D eigenvalue weighted by molar-refractivity contribution is -0.388. The predicted molar refractivity (Wildman–Crippen MR) is 63.5 cm³/mol. The van der Waals surface area contributed by atoms with Gasteiger partial charge in [0, 0.05) is 11.6 Å². The summed E-state index contributed by atoms with van der Waals surface area (Å²) in [5, 5.41) is 10.7. The van der Waals surface area contributed by atoms with Gasteiger partial charge in [-0.25, -0.2) is 4.79 Å². The van der Waals surface area contributed by atoms with Gasteiger partial charge in [-0.3, -0.25) is 10.1 Å². The summed E-state index contributed by atoms with van der Waals surface area (Å²) in [5.41, 5.74) is -0.0160. The molecule has 0 radical (unpaired) electrons. The fourth-order valence-electron chi connectivity index (χ4n) is 1.44. The molecule has 0 saturated carbocycles. The molecular weight excluding hydrogens is 241 g/mol. The maximum Gasteiger partial charge on any atom is 0.330 e. The second kappa shape index (κ2) is 5.90. The first-order chi connectivity index (χ1) is 8.47. The zero-order chi connectivity index (χ0) is 13.7. The summed E-state index contributed by atoms with van der Waals surface area (Å²) in [7, 11) is 0. The number of hydrogen-bond donors (Lipinski definition) is 0. The number of rotatable bonds is 4. The third kappa shape index (κ3) is 3.13. The maximum absolute atomic E-state index is 13.2. The lowest BCUT2D eigenvalue weighted by Gasteiger charge is -2.02. The van der Waals surface area contributed by atoms with E-state index in [1.807, 2.05) is 0 Å². The Morgan fingerprint density at radius 1 is 1.56 bits per heavy atom. The van der Waals surface area contributed by atoms with E-state index in [0.717, 1.165) is 12.1 Å². The molecule has 6 heteroatoms. The van der Waals surface area contributed by atoms with Crippen molar-refractivity contribution in [3.63, 3.8) is 0 Å². The van der Waals surface area contributed by atoms with Crippen molar-refractivity contribution in [2.75, 3.05) is 6.61 Å². The monoisotopic (exact) mass is 253 g/mol. The van der Waals surface area contributed by atoms with Gasteiger partial charge in [-0.15, -0.1) is 0 Å². The Kier molecular flexibility index (Phi) is 4.53. The van der Waals surface area contributed by atoms with E-state index in [2.05, 4.69) is 4.74 Å². The van der Waals surface area contributed by atoms with Crippen molar-refractivity contribution >= 4 is 17.7 Å². The van der Waals surface area contributed by atoms with Crippen LogP contribution in [0.4, 0.5) is 10.1 Å². The van der Waals surface area contributed by atoms with Crippen molar-refractivity contribution in [3.05, 3.63) is 45.3 Å². The minimum Gasteiger partial charge on any atom is -0.463 e. The third-order valence-electron chi connectivity index (χ3n) is 2.29. The Morgan fingerprint density at radius 3 is 2.78 bits per heavy atom. The molecule has 0 unspecified atom stereocenters. The molecule has 0 heterocycles. The van der Waals surface area contributed by atoms with Crippen molar-refractivity contribution in [3.8, 4) is 0 Å². The summed E-state index contributed by atoms with van der Waals surface area (Å²) < 4.78 is 17.9. The average Bonchev–Trinajstić information content (AvgIpc) is 2.28. The molecule has 0 saturated heterocycles. The molecular formula is C12H12FNO4. The highest BCUT2D eigenvalue weighted by atomic mass is 19.1. The SMILES string of the molecule is CCOC(=O)/C=C/c1ccc(F)c([N+](=O)[O-])c1C. The molecule has 5 nitrogen and oxygen atoms in total. The number of nitrogens with zero attached hydrogens (tertiary/aromatic N) is 1. The van der Waals surface area contributed by atoms with Gasteiger partial charge in [0.25, 0.3) is 0 Å². The molecule has 0 atom stereocenters. The maximum atomic E-state index is 13.2. The van der Waals surface area contributed by atoms with Crippen molar-refractivity contribution in [2.24, 2.45) is 0 Å². The van der Waals surface area contributed by atoms with Crippen LogP contribution in [-0.2, 0) is 9.53 Å². The van der Waals surface area contributed by atoms with Gasteiger partial charge in [0.2, 0.25) is 5.82 Å². The zero-order valence-electron chi connectivity index (χ0n) is 9.97. The summed E-state index contributed by atoms with van der Waals surface area (Å²) in [6, 6.07) is 2.36. The first-order valence-corrected chi connectivity index (χ1v) is 5.25. The largest absolute Gasteiger partial charge is 0.463 e. The second-order valence-corrected chi connectivity index (χ2v) is 3.45. The molecule has 0 aromatic heterocycles. The summed E-state index contributed by atoms with van der Waals surface area (Å²) >= 11 is 0. The van der Waals surface area contributed by atoms with Crippen LogP contribution in [0.2, 0.25) is 0 Å². The third-order valence-corrected chi connectivity index (χ3v) is 2.29. The van der Waals surface area contributed by atoms with Gasteiger partial charge in [0.1, 0.15) is 0 Å². The van der Waals surface area contributed by atoms with Crippen LogP contribution < -0.4 is 0 Å². The summed E-state index contributed by atoms with van der Waals surface area (Å²) in [6.45, 7) is 3.33. The molecule has 0 fully saturated rings. The molecule has 0 aliphatic rings. The van der Waals surface area contributed by atoms with Crippen molar-refractivity contribution in [2.45, 2.75) is 13.8 Å². The molecule has 18 heavy (non-hydrogen) atoms. The van der Waals surface area contributed by atoms with Gasteiger partial charge in [-0.2, -0.15) is 4.39 Å². The van der Waals surface area contributed by atoms with Crippen LogP contribution >= 0.6 is 0 Å². The fourth-order valence-corrected chi connectivity index (χ4v) is 1.44. The standard InChI is InChI=1S/C12H12FNO4/c1-3-18-11(15)7-5-9-4-6-10(13)12(8(9)2)14(16)17/h4-7H,3H2,1-2H3/b7-5+. The van der Waals surface area contributed by atoms with E-state index in [4.69, 9.17) is 0 Å². The fraction of sp³-hybridized carbons (Fsp3) is 0.250. The van der Waals surface area contributed by atoms with Crippen molar-refractivity contribution in [1.29, 1.82) is 0 Å². The first kappa shape index (κ1) is 13.8. The molecule has 0 bridgehead atoms. The van der Waals surface area contributed by atoms with E-state index < -0.39 is 22.4 Å². The topological polar surface area (TPSA) is 69.4 Å². The van der Waals surface area contributed by atoms with Crippen LogP contribution in [0.3, 0.4) is 0 Å². The van der Waals surface area contributed by atoms with Gasteiger partial charge < -0.3 is 4.74 Å². The number of halogens is 1. The summed E-state index contributed by atoms with van der Waals surface area (Å²) in [6.07, 6.45) is 2.51. The van der Waals surface area contributed by atoms with Crippen LogP contribution in [0.25, 0.3) is 6.08 Å². The molecule has 1 rings (SSSR count). The lowest BCUT2D eigenvalue weighted by Crippen LogP contribution is -2.00. The van der Waals surface area contributed by atoms with E-state index >= 15 is 0 Å². The first-order valence-electron chi connectivity index (χ1n) is 5.25. The highest BCUT2D eigenvalue weighted by molar-refractivity contribution is 5.87. The van der Waals surface area contributed by atoms with Gasteiger partial charge in [0.05, 0.1) is 11.5 Å². The van der Waals surface area contributed by atoms with Crippen LogP contribution in [0.1, 0.15) is 18.1 Å². The van der Waals surface area contributed by atoms with E-state index in [1.54, 1.807) is 6.92 Å². The molecule has 96 valence electrons. The van der Waals surface area contributed by atoms with Crippen LogP contribution in [-0.4, -0.2) is 17.5 Å². The highest BCUT2D eigenvalue weighted by Crippen LogP contribution is 2.25. The molecule has 0 aliphatic carbocycles. The number of carbonyl (C=O) groups is 1. The quantitative estimate of drug-likeness (QED) is 0.358. The Morgan fingerprint density at radius 2 is 2.22 bits per heavy atom. The molecule has 0 aliphatic heterocycles. The number of nitro groups is 1. The molecule has 0 spiro atoms. The van der Waals surface area contributed by atoms with E-state index in [0.29, 0.717) is 5.56 Å². The smallest absolute Gasteiger partial charge is 0.330 e. The molecule has 0 amide bonds. The number of esters is 1. The summed E-state index contributed by atoms with van der Waals surface area (Å²) in [4.78, 5) is 21.0. The van der Waals surface area contributed by atoms with Gasteiger partial charge >= 0.3 is 11.7 Å². The number of ether oxygens (including phenoxy) is 1. The number of hydrogen-bond acceptors (Lipinski definition) is 4. The van der Waals surface area contributed by atoms with E-state index in [-0.39, 0.29) is 12.2 Å². The number of carbonyl (C=O) groups excluding carboxylic acids is 1. The van der Waals surface area contributed by atoms with Crippen LogP contribution in [0.15, 0.2) is 18.2 Å². The van der Waals surface area contributed by atoms with Gasteiger partial charge in [0.15, 0.2) is 0 Å². The molecule has 1 aromatic carbocycles. The van der Waals surface area contributed by atoms with Crippen molar-refractivity contribution < 1.29 is 18.8 Å². The molecule has 1 aromatic rings. The Balaban J connectivity index is 3.09. The average molecular weight is 253 g/mol. The highest BCUT2D eigenvalue weighted by Gasteiger charge is 2.19. The second-order valence-electron chi connectivity index (χ2n) is 3.45. The lowest BCUT2D eigenvalue weighted by atomic mass is 10.1. The predicted octanol–water partition coefficient (Wildman–Crippen LogP) is 2.62.